The average Bonchev–Trinajstić information content (AvgIpc) is 3.45. The van der Waals surface area contributed by atoms with Crippen molar-refractivity contribution in [3.05, 3.63) is 59.2 Å². The first-order chi connectivity index (χ1) is 15.0. The van der Waals surface area contributed by atoms with Gasteiger partial charge in [0.25, 0.3) is 0 Å². The summed E-state index contributed by atoms with van der Waals surface area (Å²) in [5, 5.41) is 0. The minimum atomic E-state index is 0.959. The molecule has 0 saturated heterocycles. The number of para-hydroxylation sites is 2. The molecule has 0 bridgehead atoms. The van der Waals surface area contributed by atoms with Crippen LogP contribution < -0.4 is 0 Å². The highest BCUT2D eigenvalue weighted by molar-refractivity contribution is 14.1. The van der Waals surface area contributed by atoms with Crippen LogP contribution in [-0.2, 0) is 7.05 Å². The summed E-state index contributed by atoms with van der Waals surface area (Å²) < 4.78 is 9.00. The van der Waals surface area contributed by atoms with Crippen molar-refractivity contribution in [1.82, 2.24) is 26.1 Å². The van der Waals surface area contributed by atoms with Crippen molar-refractivity contribution < 1.29 is 0 Å². The molecule has 7 aromatic rings. The fourth-order valence-electron chi connectivity index (χ4n) is 5.26. The normalized spacial score (nSPS) is 12.7. The third-order valence-corrected chi connectivity index (χ3v) is 7.61. The Balaban J connectivity index is 1.79. The summed E-state index contributed by atoms with van der Waals surface area (Å²) in [6, 6.07) is 15.1. The molecule has 4 heterocycles. The number of hydrogen-bond donors (Lipinski definition) is 0. The van der Waals surface area contributed by atoms with E-state index < -0.39 is 0 Å². The van der Waals surface area contributed by atoms with Crippen LogP contribution in [0.25, 0.3) is 55.7 Å². The van der Waals surface area contributed by atoms with Crippen molar-refractivity contribution in [3.8, 4) is 0 Å². The standard InChI is InChI=1S/C24H19IN6/c1-12-7-5-9-15-19(12)26-23-28(4)21-14(3)22-18(11-17(21)29(15)23)30-16-10-6-8-13(2)20(16)27-24(30)31(22)25/h5-11H,1-4H3. The van der Waals surface area contributed by atoms with Crippen LogP contribution in [0, 0.1) is 20.8 Å². The van der Waals surface area contributed by atoms with E-state index in [0.717, 1.165) is 33.6 Å². The lowest BCUT2D eigenvalue weighted by Crippen LogP contribution is -1.93. The Hall–Kier alpha value is -3.07. The number of imidazole rings is 4. The monoisotopic (exact) mass is 518 g/mol. The molecule has 152 valence electrons. The summed E-state index contributed by atoms with van der Waals surface area (Å²) >= 11 is 2.39. The molecule has 0 spiro atoms. The Morgan fingerprint density at radius 3 is 1.90 bits per heavy atom. The molecule has 4 aromatic heterocycles. The largest absolute Gasteiger partial charge is 0.312 e. The molecule has 7 rings (SSSR count). The van der Waals surface area contributed by atoms with Crippen LogP contribution in [0.2, 0.25) is 0 Å². The molecular formula is C24H19IN6. The molecular weight excluding hydrogens is 499 g/mol. The van der Waals surface area contributed by atoms with Gasteiger partial charge in [-0.15, -0.1) is 0 Å². The zero-order valence-corrected chi connectivity index (χ0v) is 19.8. The number of rotatable bonds is 0. The fourth-order valence-corrected chi connectivity index (χ4v) is 6.19. The average molecular weight is 518 g/mol. The van der Waals surface area contributed by atoms with Crippen LogP contribution in [0.5, 0.6) is 0 Å². The molecule has 0 fully saturated rings. The Morgan fingerprint density at radius 2 is 1.26 bits per heavy atom. The van der Waals surface area contributed by atoms with Gasteiger partial charge in [-0.25, -0.2) is 12.7 Å². The molecule has 31 heavy (non-hydrogen) atoms. The zero-order chi connectivity index (χ0) is 21.2. The molecule has 6 nitrogen and oxygen atoms in total. The van der Waals surface area contributed by atoms with Gasteiger partial charge in [-0.05, 0) is 50.1 Å². The summed E-state index contributed by atoms with van der Waals surface area (Å²) in [6.45, 7) is 6.46. The lowest BCUT2D eigenvalue weighted by Gasteiger charge is -2.05. The highest BCUT2D eigenvalue weighted by atomic mass is 127. The van der Waals surface area contributed by atoms with E-state index in [1.54, 1.807) is 0 Å². The topological polar surface area (TPSA) is 44.5 Å². The zero-order valence-electron chi connectivity index (χ0n) is 17.6. The van der Waals surface area contributed by atoms with Crippen LogP contribution >= 0.6 is 22.9 Å². The third kappa shape index (κ3) is 1.94. The van der Waals surface area contributed by atoms with Crippen LogP contribution in [0.15, 0.2) is 42.5 Å². The predicted octanol–water partition coefficient (Wildman–Crippen LogP) is 5.86. The molecule has 0 saturated carbocycles. The Morgan fingerprint density at radius 1 is 0.710 bits per heavy atom. The summed E-state index contributed by atoms with van der Waals surface area (Å²) in [6.07, 6.45) is 0. The van der Waals surface area contributed by atoms with Crippen molar-refractivity contribution in [3.63, 3.8) is 0 Å². The van der Waals surface area contributed by atoms with Gasteiger partial charge in [0.2, 0.25) is 11.6 Å². The smallest absolute Gasteiger partial charge is 0.225 e. The molecule has 0 aliphatic carbocycles. The molecule has 0 unspecified atom stereocenters. The van der Waals surface area contributed by atoms with Crippen molar-refractivity contribution in [2.75, 3.05) is 0 Å². The molecule has 7 heteroatoms. The van der Waals surface area contributed by atoms with Gasteiger partial charge in [0.05, 0.1) is 67.0 Å². The Kier molecular flexibility index (Phi) is 3.17. The number of aryl methyl sites for hydroxylation is 4. The summed E-state index contributed by atoms with van der Waals surface area (Å²) in [7, 11) is 2.11. The minimum Gasteiger partial charge on any atom is -0.312 e. The van der Waals surface area contributed by atoms with Gasteiger partial charge in [0, 0.05) is 12.6 Å². The summed E-state index contributed by atoms with van der Waals surface area (Å²) in [5.74, 6) is 1.93. The maximum Gasteiger partial charge on any atom is 0.225 e. The summed E-state index contributed by atoms with van der Waals surface area (Å²) in [5.41, 5.74) is 12.8. The molecule has 0 amide bonds. The summed E-state index contributed by atoms with van der Waals surface area (Å²) in [4.78, 5) is 10.00. The van der Waals surface area contributed by atoms with Crippen molar-refractivity contribution in [2.45, 2.75) is 20.8 Å². The second-order valence-corrected chi connectivity index (χ2v) is 9.42. The quantitative estimate of drug-likeness (QED) is 0.236. The van der Waals surface area contributed by atoms with Crippen molar-refractivity contribution in [1.29, 1.82) is 0 Å². The van der Waals surface area contributed by atoms with E-state index in [-0.39, 0.29) is 0 Å². The minimum absolute atomic E-state index is 0.959. The first-order valence-corrected chi connectivity index (χ1v) is 11.3. The van der Waals surface area contributed by atoms with Gasteiger partial charge < -0.3 is 4.57 Å². The predicted molar refractivity (Wildman–Crippen MR) is 135 cm³/mol. The Bertz CT molecular complexity index is 1760. The van der Waals surface area contributed by atoms with Gasteiger partial charge in [-0.2, -0.15) is 0 Å². The molecule has 0 aliphatic rings. The number of hydrogen-bond acceptors (Lipinski definition) is 2. The van der Waals surface area contributed by atoms with Crippen molar-refractivity contribution in [2.24, 2.45) is 7.05 Å². The molecule has 0 radical (unpaired) electrons. The molecule has 0 atom stereocenters. The SMILES string of the molecule is Cc1cccc2c1nc1n(C)c3c(C)c4c(cc3n21)n1c2cccc(C)c2nc1n4I. The van der Waals surface area contributed by atoms with E-state index in [1.165, 1.54) is 38.8 Å². The van der Waals surface area contributed by atoms with Crippen LogP contribution in [-0.4, -0.2) is 26.1 Å². The van der Waals surface area contributed by atoms with E-state index in [4.69, 9.17) is 9.97 Å². The van der Waals surface area contributed by atoms with Crippen LogP contribution in [0.3, 0.4) is 0 Å². The second-order valence-electron chi connectivity index (χ2n) is 8.46. The van der Waals surface area contributed by atoms with Gasteiger partial charge in [-0.1, -0.05) is 24.3 Å². The number of aromatic nitrogens is 6. The van der Waals surface area contributed by atoms with E-state index >= 15 is 0 Å². The van der Waals surface area contributed by atoms with Gasteiger partial charge in [-0.3, -0.25) is 8.80 Å². The van der Waals surface area contributed by atoms with Gasteiger partial charge in [0.1, 0.15) is 0 Å². The van der Waals surface area contributed by atoms with E-state index in [2.05, 4.69) is 109 Å². The van der Waals surface area contributed by atoms with E-state index in [9.17, 15) is 0 Å². The van der Waals surface area contributed by atoms with E-state index in [0.29, 0.717) is 0 Å². The number of fused-ring (bicyclic) bond motifs is 10. The van der Waals surface area contributed by atoms with Crippen LogP contribution in [0.1, 0.15) is 16.7 Å². The third-order valence-electron chi connectivity index (χ3n) is 6.70. The van der Waals surface area contributed by atoms with Gasteiger partial charge in [0.15, 0.2) is 0 Å². The molecule has 3 aromatic carbocycles. The first kappa shape index (κ1) is 17.6. The lowest BCUT2D eigenvalue weighted by atomic mass is 10.1. The second kappa shape index (κ2) is 5.59. The maximum absolute atomic E-state index is 5.00. The highest BCUT2D eigenvalue weighted by Gasteiger charge is 2.23. The first-order valence-electron chi connectivity index (χ1n) is 10.3. The number of halogens is 1. The highest BCUT2D eigenvalue weighted by Crippen LogP contribution is 2.37. The lowest BCUT2D eigenvalue weighted by molar-refractivity contribution is 0.970. The molecule has 0 N–H and O–H groups in total. The Labute approximate surface area is 191 Å². The number of nitrogens with zero attached hydrogens (tertiary/aromatic N) is 6. The molecule has 0 aliphatic heterocycles. The van der Waals surface area contributed by atoms with Crippen LogP contribution in [0.4, 0.5) is 0 Å². The number of benzene rings is 3. The maximum atomic E-state index is 5.00. The van der Waals surface area contributed by atoms with Crippen molar-refractivity contribution >= 4 is 78.6 Å². The van der Waals surface area contributed by atoms with Gasteiger partial charge >= 0.3 is 0 Å². The van der Waals surface area contributed by atoms with E-state index in [1.807, 2.05) is 0 Å². The fraction of sp³-hybridized carbons (Fsp3) is 0.167.